The highest BCUT2D eigenvalue weighted by Crippen LogP contribution is 2.32. The van der Waals surface area contributed by atoms with Crippen molar-refractivity contribution in [1.29, 1.82) is 0 Å². The van der Waals surface area contributed by atoms with E-state index in [1.165, 1.54) is 6.08 Å². The number of aldehydes is 1. The minimum atomic E-state index is -0.688. The van der Waals surface area contributed by atoms with Crippen molar-refractivity contribution in [2.75, 3.05) is 13.2 Å². The second kappa shape index (κ2) is 5.21. The zero-order chi connectivity index (χ0) is 13.9. The molecule has 5 heteroatoms. The molecule has 0 N–H and O–H groups in total. The van der Waals surface area contributed by atoms with E-state index >= 15 is 0 Å². The van der Waals surface area contributed by atoms with E-state index in [0.717, 1.165) is 5.56 Å². The van der Waals surface area contributed by atoms with Crippen molar-refractivity contribution in [2.24, 2.45) is 0 Å². The maximum absolute atomic E-state index is 12.0. The molecule has 2 aliphatic rings. The summed E-state index contributed by atoms with van der Waals surface area (Å²) in [4.78, 5) is 23.3. The van der Waals surface area contributed by atoms with Gasteiger partial charge in [-0.3, -0.25) is 4.79 Å². The van der Waals surface area contributed by atoms with Gasteiger partial charge >= 0.3 is 5.97 Å². The first kappa shape index (κ1) is 12.5. The normalized spacial score (nSPS) is 21.7. The van der Waals surface area contributed by atoms with Crippen LogP contribution in [-0.4, -0.2) is 25.5 Å². The van der Waals surface area contributed by atoms with Crippen LogP contribution >= 0.6 is 0 Å². The van der Waals surface area contributed by atoms with E-state index in [4.69, 9.17) is 14.2 Å². The molecule has 5 nitrogen and oxygen atoms in total. The molecule has 0 saturated carbocycles. The van der Waals surface area contributed by atoms with Crippen molar-refractivity contribution >= 4 is 12.3 Å². The van der Waals surface area contributed by atoms with E-state index in [2.05, 4.69) is 0 Å². The molecule has 1 unspecified atom stereocenters. The van der Waals surface area contributed by atoms with Crippen LogP contribution < -0.4 is 0 Å². The lowest BCUT2D eigenvalue weighted by atomic mass is 9.98. The Bertz CT molecular complexity index is 592. The van der Waals surface area contributed by atoms with Crippen LogP contribution in [0.2, 0.25) is 0 Å². The molecule has 1 atom stereocenters. The maximum Gasteiger partial charge on any atom is 0.346 e. The van der Waals surface area contributed by atoms with Crippen molar-refractivity contribution in [3.8, 4) is 0 Å². The van der Waals surface area contributed by atoms with E-state index < -0.39 is 12.1 Å². The van der Waals surface area contributed by atoms with Crippen LogP contribution in [0.4, 0.5) is 0 Å². The molecule has 0 bridgehead atoms. The van der Waals surface area contributed by atoms with E-state index in [9.17, 15) is 9.59 Å². The van der Waals surface area contributed by atoms with Gasteiger partial charge in [0.05, 0.1) is 0 Å². The Morgan fingerprint density at radius 1 is 1.10 bits per heavy atom. The first-order valence-corrected chi connectivity index (χ1v) is 6.22. The average Bonchev–Trinajstić information content (AvgIpc) is 3.02. The molecule has 2 aliphatic heterocycles. The number of rotatable bonds is 2. The van der Waals surface area contributed by atoms with Crippen LogP contribution in [0.25, 0.3) is 0 Å². The van der Waals surface area contributed by atoms with Crippen molar-refractivity contribution < 1.29 is 23.8 Å². The molecule has 2 heterocycles. The number of hydrogen-bond acceptors (Lipinski definition) is 5. The lowest BCUT2D eigenvalue weighted by molar-refractivity contribution is -0.144. The number of ether oxygens (including phenoxy) is 3. The van der Waals surface area contributed by atoms with Gasteiger partial charge in [-0.1, -0.05) is 30.3 Å². The van der Waals surface area contributed by atoms with Crippen molar-refractivity contribution in [3.63, 3.8) is 0 Å². The smallest absolute Gasteiger partial charge is 0.346 e. The summed E-state index contributed by atoms with van der Waals surface area (Å²) in [5, 5.41) is 0. The number of benzene rings is 1. The highest BCUT2D eigenvalue weighted by atomic mass is 16.7. The van der Waals surface area contributed by atoms with Gasteiger partial charge in [0.15, 0.2) is 6.10 Å². The monoisotopic (exact) mass is 272 g/mol. The van der Waals surface area contributed by atoms with Crippen molar-refractivity contribution in [2.45, 2.75) is 6.10 Å². The molecule has 0 amide bonds. The van der Waals surface area contributed by atoms with Crippen LogP contribution in [0.3, 0.4) is 0 Å². The number of carbonyl (C=O) groups excluding carboxylic acids is 2. The highest BCUT2D eigenvalue weighted by Gasteiger charge is 2.32. The van der Waals surface area contributed by atoms with Crippen LogP contribution in [0.15, 0.2) is 53.5 Å². The largest absolute Gasteiger partial charge is 0.461 e. The Labute approximate surface area is 115 Å². The molecule has 0 aromatic heterocycles. The molecule has 1 saturated heterocycles. The minimum Gasteiger partial charge on any atom is -0.461 e. The molecular formula is C15H12O5. The fourth-order valence-corrected chi connectivity index (χ4v) is 2.13. The lowest BCUT2D eigenvalue weighted by Gasteiger charge is -2.23. The standard InChI is InChI=1S/C15H12O5/c16-9-11-8-12(15-18-6-7-19-15)14(17)20-13(11)10-4-2-1-3-5-10/h1-5,8-9,13H,6-7H2. The summed E-state index contributed by atoms with van der Waals surface area (Å²) in [6.07, 6.45) is 1.46. The fourth-order valence-electron chi connectivity index (χ4n) is 2.13. The molecule has 1 aromatic rings. The summed E-state index contributed by atoms with van der Waals surface area (Å²) in [6.45, 7) is 0.775. The van der Waals surface area contributed by atoms with E-state index in [1.54, 1.807) is 12.1 Å². The van der Waals surface area contributed by atoms with Crippen LogP contribution in [0.1, 0.15) is 11.7 Å². The van der Waals surface area contributed by atoms with Gasteiger partial charge in [0.25, 0.3) is 5.95 Å². The first-order valence-electron chi connectivity index (χ1n) is 6.22. The number of cyclic esters (lactones) is 1. The molecule has 0 aliphatic carbocycles. The van der Waals surface area contributed by atoms with E-state index in [0.29, 0.717) is 25.1 Å². The lowest BCUT2D eigenvalue weighted by Crippen LogP contribution is -2.22. The zero-order valence-electron chi connectivity index (χ0n) is 10.6. The third-order valence-corrected chi connectivity index (χ3v) is 3.07. The van der Waals surface area contributed by atoms with Gasteiger partial charge in [-0.05, 0) is 11.6 Å². The summed E-state index contributed by atoms with van der Waals surface area (Å²) in [6, 6.07) is 9.10. The third-order valence-electron chi connectivity index (χ3n) is 3.07. The average molecular weight is 272 g/mol. The first-order chi connectivity index (χ1) is 9.79. The quantitative estimate of drug-likeness (QED) is 0.465. The molecular weight excluding hydrogens is 260 g/mol. The van der Waals surface area contributed by atoms with Gasteiger partial charge in [0.1, 0.15) is 25.1 Å². The van der Waals surface area contributed by atoms with Gasteiger partial charge < -0.3 is 14.2 Å². The Morgan fingerprint density at radius 3 is 2.45 bits per heavy atom. The van der Waals surface area contributed by atoms with Crippen LogP contribution in [0, 0.1) is 0 Å². The third kappa shape index (κ3) is 2.18. The van der Waals surface area contributed by atoms with Gasteiger partial charge in [-0.2, -0.15) is 0 Å². The molecule has 0 spiro atoms. The molecule has 1 fully saturated rings. The maximum atomic E-state index is 12.0. The highest BCUT2D eigenvalue weighted by molar-refractivity contribution is 5.96. The molecule has 20 heavy (non-hydrogen) atoms. The fraction of sp³-hybridized carbons (Fsp3) is 0.200. The number of esters is 1. The van der Waals surface area contributed by atoms with Gasteiger partial charge in [0.2, 0.25) is 0 Å². The van der Waals surface area contributed by atoms with E-state index in [1.807, 2.05) is 18.2 Å². The Kier molecular flexibility index (Phi) is 3.25. The van der Waals surface area contributed by atoms with Gasteiger partial charge in [-0.25, -0.2) is 4.79 Å². The van der Waals surface area contributed by atoms with Crippen molar-refractivity contribution in [1.82, 2.24) is 0 Å². The predicted molar refractivity (Wildman–Crippen MR) is 68.4 cm³/mol. The van der Waals surface area contributed by atoms with Gasteiger partial charge in [0, 0.05) is 5.57 Å². The number of hydrogen-bond donors (Lipinski definition) is 0. The summed E-state index contributed by atoms with van der Waals surface area (Å²) >= 11 is 0. The summed E-state index contributed by atoms with van der Waals surface area (Å²) in [5.74, 6) is -0.429. The van der Waals surface area contributed by atoms with Crippen molar-refractivity contribution in [3.05, 3.63) is 59.1 Å². The van der Waals surface area contributed by atoms with Gasteiger partial charge in [-0.15, -0.1) is 0 Å². The SMILES string of the molecule is O=CC1=CC(=C2OCCO2)C(=O)OC1c1ccccc1. The summed E-state index contributed by atoms with van der Waals surface area (Å²) in [7, 11) is 0. The second-order valence-corrected chi connectivity index (χ2v) is 4.36. The Morgan fingerprint density at radius 2 is 1.80 bits per heavy atom. The summed E-state index contributed by atoms with van der Waals surface area (Å²) < 4.78 is 15.7. The molecule has 102 valence electrons. The Hall–Kier alpha value is -2.56. The van der Waals surface area contributed by atoms with E-state index in [-0.39, 0.29) is 11.5 Å². The van der Waals surface area contributed by atoms with Crippen LogP contribution in [-0.2, 0) is 23.8 Å². The molecule has 0 radical (unpaired) electrons. The molecule has 3 rings (SSSR count). The second-order valence-electron chi connectivity index (χ2n) is 4.36. The topological polar surface area (TPSA) is 61.8 Å². The number of carbonyl (C=O) groups is 2. The summed E-state index contributed by atoms with van der Waals surface area (Å²) in [5.41, 5.74) is 1.26. The molecule has 1 aromatic carbocycles. The Balaban J connectivity index is 2.01. The minimum absolute atomic E-state index is 0.126. The predicted octanol–water partition coefficient (Wildman–Crippen LogP) is 1.67. The zero-order valence-corrected chi connectivity index (χ0v) is 10.6. The van der Waals surface area contributed by atoms with Crippen LogP contribution in [0.5, 0.6) is 0 Å².